The smallest absolute Gasteiger partial charge is 0.306 e. The van der Waals surface area contributed by atoms with E-state index in [1.807, 2.05) is 24.3 Å². The topological polar surface area (TPSA) is 84.5 Å². The minimum Gasteiger partial charge on any atom is -0.456 e. The molecule has 2 aromatic rings. The minimum absolute atomic E-state index is 0.213. The van der Waals surface area contributed by atoms with Crippen LogP contribution >= 0.6 is 0 Å². The molecule has 6 heteroatoms. The van der Waals surface area contributed by atoms with Crippen molar-refractivity contribution >= 4 is 23.5 Å². The van der Waals surface area contributed by atoms with Gasteiger partial charge in [-0.15, -0.1) is 0 Å². The first-order chi connectivity index (χ1) is 13.0. The summed E-state index contributed by atoms with van der Waals surface area (Å²) < 4.78 is 5.01. The molecule has 0 spiro atoms. The van der Waals surface area contributed by atoms with Crippen LogP contribution < -0.4 is 10.6 Å². The van der Waals surface area contributed by atoms with E-state index in [0.717, 1.165) is 12.0 Å². The van der Waals surface area contributed by atoms with Crippen LogP contribution in [0, 0.1) is 0 Å². The van der Waals surface area contributed by atoms with Gasteiger partial charge in [0.05, 0.1) is 0 Å². The molecule has 0 heterocycles. The zero-order valence-electron chi connectivity index (χ0n) is 15.6. The van der Waals surface area contributed by atoms with Crippen LogP contribution in [0.3, 0.4) is 0 Å². The number of aryl methyl sites for hydroxylation is 2. The first-order valence-corrected chi connectivity index (χ1v) is 8.87. The summed E-state index contributed by atoms with van der Waals surface area (Å²) in [5.74, 6) is -1.13. The molecule has 0 fully saturated rings. The van der Waals surface area contributed by atoms with Crippen molar-refractivity contribution in [1.82, 2.24) is 5.32 Å². The molecule has 0 atom stereocenters. The lowest BCUT2D eigenvalue weighted by molar-refractivity contribution is -0.147. The Kier molecular flexibility index (Phi) is 7.55. The number of carbonyl (C=O) groups excluding carboxylic acids is 3. The van der Waals surface area contributed by atoms with Gasteiger partial charge in [0.15, 0.2) is 6.61 Å². The molecule has 0 radical (unpaired) electrons. The van der Waals surface area contributed by atoms with Gasteiger partial charge in [-0.2, -0.15) is 0 Å². The van der Waals surface area contributed by atoms with Gasteiger partial charge in [0.25, 0.3) is 11.8 Å². The molecule has 0 saturated heterocycles. The van der Waals surface area contributed by atoms with Crippen LogP contribution in [0.5, 0.6) is 0 Å². The highest BCUT2D eigenvalue weighted by molar-refractivity contribution is 5.97. The van der Waals surface area contributed by atoms with E-state index in [4.69, 9.17) is 4.74 Å². The van der Waals surface area contributed by atoms with Crippen molar-refractivity contribution in [2.75, 3.05) is 19.0 Å². The third-order valence-corrected chi connectivity index (χ3v) is 4.05. The molecule has 142 valence electrons. The molecular weight excluding hydrogens is 344 g/mol. The summed E-state index contributed by atoms with van der Waals surface area (Å²) in [7, 11) is 1.53. The van der Waals surface area contributed by atoms with Gasteiger partial charge >= 0.3 is 5.97 Å². The van der Waals surface area contributed by atoms with E-state index >= 15 is 0 Å². The Labute approximate surface area is 158 Å². The molecule has 0 unspecified atom stereocenters. The zero-order valence-corrected chi connectivity index (χ0v) is 15.6. The minimum atomic E-state index is -0.454. The summed E-state index contributed by atoms with van der Waals surface area (Å²) in [6.45, 7) is 1.73. The lowest BCUT2D eigenvalue weighted by atomic mass is 10.1. The van der Waals surface area contributed by atoms with E-state index in [1.54, 1.807) is 24.3 Å². The maximum Gasteiger partial charge on any atom is 0.306 e. The molecule has 0 saturated carbocycles. The molecule has 0 aromatic heterocycles. The Hall–Kier alpha value is -3.15. The first kappa shape index (κ1) is 20.2. The maximum absolute atomic E-state index is 11.9. The number of hydrogen-bond donors (Lipinski definition) is 2. The number of ether oxygens (including phenoxy) is 1. The maximum atomic E-state index is 11.9. The van der Waals surface area contributed by atoms with Crippen molar-refractivity contribution in [1.29, 1.82) is 0 Å². The molecule has 0 aliphatic heterocycles. The van der Waals surface area contributed by atoms with Gasteiger partial charge in [0.1, 0.15) is 0 Å². The fourth-order valence-electron chi connectivity index (χ4n) is 2.49. The predicted molar refractivity (Wildman–Crippen MR) is 104 cm³/mol. The van der Waals surface area contributed by atoms with Gasteiger partial charge in [0.2, 0.25) is 0 Å². The SMILES string of the molecule is CCc1ccc(CCC(=O)OCC(=O)Nc2cccc(C(=O)NC)c2)cc1. The van der Waals surface area contributed by atoms with Crippen LogP contribution in [0.1, 0.15) is 34.8 Å². The third-order valence-electron chi connectivity index (χ3n) is 4.05. The second-order valence-electron chi connectivity index (χ2n) is 6.04. The molecule has 2 aromatic carbocycles. The van der Waals surface area contributed by atoms with Crippen LogP contribution in [-0.4, -0.2) is 31.4 Å². The Balaban J connectivity index is 1.76. The van der Waals surface area contributed by atoms with Gasteiger partial charge in [-0.1, -0.05) is 37.3 Å². The third kappa shape index (κ3) is 6.58. The van der Waals surface area contributed by atoms with Gasteiger partial charge in [0, 0.05) is 24.7 Å². The van der Waals surface area contributed by atoms with Crippen LogP contribution in [-0.2, 0) is 27.2 Å². The van der Waals surface area contributed by atoms with E-state index in [0.29, 0.717) is 17.7 Å². The molecule has 27 heavy (non-hydrogen) atoms. The number of esters is 1. The summed E-state index contributed by atoms with van der Waals surface area (Å²) in [5, 5.41) is 5.12. The zero-order chi connectivity index (χ0) is 19.6. The van der Waals surface area contributed by atoms with Gasteiger partial charge in [-0.05, 0) is 42.2 Å². The number of anilines is 1. The summed E-state index contributed by atoms with van der Waals surface area (Å²) in [6, 6.07) is 14.6. The van der Waals surface area contributed by atoms with Gasteiger partial charge in [-0.3, -0.25) is 14.4 Å². The number of hydrogen-bond acceptors (Lipinski definition) is 4. The second kappa shape index (κ2) is 10.1. The fraction of sp³-hybridized carbons (Fsp3) is 0.286. The van der Waals surface area contributed by atoms with E-state index in [-0.39, 0.29) is 18.9 Å². The van der Waals surface area contributed by atoms with E-state index in [2.05, 4.69) is 17.6 Å². The van der Waals surface area contributed by atoms with Crippen LogP contribution in [0.25, 0.3) is 0 Å². The molecular formula is C21H24N2O4. The number of carbonyl (C=O) groups is 3. The van der Waals surface area contributed by atoms with Crippen LogP contribution in [0.15, 0.2) is 48.5 Å². The standard InChI is InChI=1S/C21H24N2O4/c1-3-15-7-9-16(10-8-15)11-12-20(25)27-14-19(24)23-18-6-4-5-17(13-18)21(26)22-2/h4-10,13H,3,11-12,14H2,1-2H3,(H,22,26)(H,23,24). The monoisotopic (exact) mass is 368 g/mol. The summed E-state index contributed by atoms with van der Waals surface area (Å²) in [5.41, 5.74) is 3.20. The lowest BCUT2D eigenvalue weighted by Gasteiger charge is -2.08. The van der Waals surface area contributed by atoms with E-state index in [9.17, 15) is 14.4 Å². The van der Waals surface area contributed by atoms with Gasteiger partial charge in [-0.25, -0.2) is 0 Å². The molecule has 0 aliphatic carbocycles. The summed E-state index contributed by atoms with van der Waals surface area (Å²) in [6.07, 6.45) is 1.76. The van der Waals surface area contributed by atoms with E-state index in [1.165, 1.54) is 12.6 Å². The number of amides is 2. The van der Waals surface area contributed by atoms with Crippen molar-refractivity contribution in [2.24, 2.45) is 0 Å². The molecule has 6 nitrogen and oxygen atoms in total. The molecule has 0 bridgehead atoms. The predicted octanol–water partition coefficient (Wildman–Crippen LogP) is 2.72. The Morgan fingerprint density at radius 3 is 2.37 bits per heavy atom. The Morgan fingerprint density at radius 2 is 1.70 bits per heavy atom. The molecule has 2 amide bonds. The normalized spacial score (nSPS) is 10.1. The van der Waals surface area contributed by atoms with Crippen molar-refractivity contribution in [3.05, 3.63) is 65.2 Å². The van der Waals surface area contributed by atoms with Gasteiger partial charge < -0.3 is 15.4 Å². The van der Waals surface area contributed by atoms with Crippen molar-refractivity contribution in [3.63, 3.8) is 0 Å². The number of rotatable bonds is 8. The second-order valence-corrected chi connectivity index (χ2v) is 6.04. The number of nitrogens with one attached hydrogen (secondary N) is 2. The van der Waals surface area contributed by atoms with Crippen molar-refractivity contribution < 1.29 is 19.1 Å². The summed E-state index contributed by atoms with van der Waals surface area (Å²) in [4.78, 5) is 35.3. The average molecular weight is 368 g/mol. The average Bonchev–Trinajstić information content (AvgIpc) is 2.70. The van der Waals surface area contributed by atoms with Crippen LogP contribution in [0.4, 0.5) is 5.69 Å². The highest BCUT2D eigenvalue weighted by atomic mass is 16.5. The molecule has 0 aliphatic rings. The fourth-order valence-corrected chi connectivity index (χ4v) is 2.49. The largest absolute Gasteiger partial charge is 0.456 e. The Bertz CT molecular complexity index is 800. The van der Waals surface area contributed by atoms with E-state index < -0.39 is 11.9 Å². The van der Waals surface area contributed by atoms with Crippen LogP contribution in [0.2, 0.25) is 0 Å². The summed E-state index contributed by atoms with van der Waals surface area (Å²) >= 11 is 0. The molecule has 2 rings (SSSR count). The highest BCUT2D eigenvalue weighted by Crippen LogP contribution is 2.11. The lowest BCUT2D eigenvalue weighted by Crippen LogP contribution is -2.22. The van der Waals surface area contributed by atoms with Crippen molar-refractivity contribution in [2.45, 2.75) is 26.2 Å². The quantitative estimate of drug-likeness (QED) is 0.702. The Morgan fingerprint density at radius 1 is 1.00 bits per heavy atom. The highest BCUT2D eigenvalue weighted by Gasteiger charge is 2.10. The first-order valence-electron chi connectivity index (χ1n) is 8.87. The molecule has 2 N–H and O–H groups in total. The number of benzene rings is 2. The van der Waals surface area contributed by atoms with Crippen molar-refractivity contribution in [3.8, 4) is 0 Å².